The number of hydrazone groups is 1. The third-order valence-electron chi connectivity index (χ3n) is 5.72. The Morgan fingerprint density at radius 3 is 2.34 bits per heavy atom. The summed E-state index contributed by atoms with van der Waals surface area (Å²) in [5.41, 5.74) is -0.479. The van der Waals surface area contributed by atoms with Gasteiger partial charge in [0.1, 0.15) is 5.75 Å². The third-order valence-corrected chi connectivity index (χ3v) is 5.72. The summed E-state index contributed by atoms with van der Waals surface area (Å²) in [6.07, 6.45) is -1.39. The lowest BCUT2D eigenvalue weighted by atomic mass is 9.83. The van der Waals surface area contributed by atoms with Crippen LogP contribution in [0.3, 0.4) is 0 Å². The fourth-order valence-corrected chi connectivity index (χ4v) is 4.31. The minimum absolute atomic E-state index is 0.127. The van der Waals surface area contributed by atoms with Crippen LogP contribution in [0.25, 0.3) is 0 Å². The normalized spacial score (nSPS) is 23.3. The first-order chi connectivity index (χ1) is 13.5. The van der Waals surface area contributed by atoms with E-state index in [1.807, 2.05) is 19.1 Å². The van der Waals surface area contributed by atoms with Gasteiger partial charge in [0.2, 0.25) is 0 Å². The SMILES string of the molecule is Cc1cc(C)c(OCC(=O)N2N=C(C3CCCCC3)C[C@@]2(O)C(F)(F)F)c(C)c1. The Balaban J connectivity index is 1.81. The molecule has 1 atom stereocenters. The molecule has 0 saturated heterocycles. The maximum Gasteiger partial charge on any atom is 0.438 e. The largest absolute Gasteiger partial charge is 0.483 e. The zero-order chi connectivity index (χ0) is 21.4. The summed E-state index contributed by atoms with van der Waals surface area (Å²) in [6.45, 7) is 4.90. The molecule has 0 spiro atoms. The number of amides is 1. The molecule has 5 nitrogen and oxygen atoms in total. The predicted molar refractivity (Wildman–Crippen MR) is 103 cm³/mol. The lowest BCUT2D eigenvalue weighted by Gasteiger charge is -2.32. The zero-order valence-corrected chi connectivity index (χ0v) is 17.0. The molecule has 1 amide bonds. The van der Waals surface area contributed by atoms with E-state index >= 15 is 0 Å². The van der Waals surface area contributed by atoms with Crippen molar-refractivity contribution < 1.29 is 27.8 Å². The number of ether oxygens (including phenoxy) is 1. The Hall–Kier alpha value is -2.09. The fraction of sp³-hybridized carbons (Fsp3) is 0.619. The fourth-order valence-electron chi connectivity index (χ4n) is 4.31. The third kappa shape index (κ3) is 4.27. The number of nitrogens with zero attached hydrogens (tertiary/aromatic N) is 2. The van der Waals surface area contributed by atoms with Crippen LogP contribution < -0.4 is 4.74 Å². The van der Waals surface area contributed by atoms with E-state index in [1.165, 1.54) is 0 Å². The molecule has 0 unspecified atom stereocenters. The Morgan fingerprint density at radius 1 is 1.21 bits per heavy atom. The minimum Gasteiger partial charge on any atom is -0.483 e. The average molecular weight is 412 g/mol. The Morgan fingerprint density at radius 2 is 1.79 bits per heavy atom. The molecule has 2 aliphatic rings. The number of aryl methyl sites for hydroxylation is 3. The second kappa shape index (κ2) is 7.97. The highest BCUT2D eigenvalue weighted by atomic mass is 19.4. The van der Waals surface area contributed by atoms with Gasteiger partial charge in [-0.05, 0) is 50.7 Å². The second-order valence-corrected chi connectivity index (χ2v) is 8.14. The summed E-state index contributed by atoms with van der Waals surface area (Å²) in [5.74, 6) is -0.692. The highest BCUT2D eigenvalue weighted by molar-refractivity contribution is 5.92. The van der Waals surface area contributed by atoms with Crippen molar-refractivity contribution in [1.29, 1.82) is 0 Å². The van der Waals surface area contributed by atoms with Crippen LogP contribution in [-0.2, 0) is 4.79 Å². The Labute approximate surface area is 168 Å². The molecule has 1 N–H and O–H groups in total. The number of rotatable bonds is 4. The number of hydrogen-bond donors (Lipinski definition) is 1. The monoisotopic (exact) mass is 412 g/mol. The van der Waals surface area contributed by atoms with E-state index in [1.54, 1.807) is 13.8 Å². The molecule has 1 aromatic carbocycles. The first-order valence-corrected chi connectivity index (χ1v) is 9.93. The van der Waals surface area contributed by atoms with Gasteiger partial charge in [-0.15, -0.1) is 0 Å². The van der Waals surface area contributed by atoms with E-state index in [2.05, 4.69) is 5.10 Å². The molecule has 160 valence electrons. The van der Waals surface area contributed by atoms with Crippen molar-refractivity contribution in [1.82, 2.24) is 5.01 Å². The summed E-state index contributed by atoms with van der Waals surface area (Å²) in [6, 6.07) is 3.74. The highest BCUT2D eigenvalue weighted by Crippen LogP contribution is 2.43. The molecule has 1 aromatic rings. The van der Waals surface area contributed by atoms with Crippen LogP contribution in [0.15, 0.2) is 17.2 Å². The van der Waals surface area contributed by atoms with Crippen molar-refractivity contribution in [3.8, 4) is 5.75 Å². The van der Waals surface area contributed by atoms with Crippen molar-refractivity contribution >= 4 is 11.6 Å². The summed E-state index contributed by atoms with van der Waals surface area (Å²) in [7, 11) is 0. The second-order valence-electron chi connectivity index (χ2n) is 8.14. The number of halogens is 3. The molecule has 1 heterocycles. The standard InChI is InChI=1S/C21H27F3N2O3/c1-13-9-14(2)19(15(3)10-13)29-12-18(27)26-20(28,21(22,23)24)11-17(25-26)16-7-5-4-6-8-16/h9-10,16,28H,4-8,11-12H2,1-3H3/t20-/m1/s1. The summed E-state index contributed by atoms with van der Waals surface area (Å²) < 4.78 is 46.6. The lowest BCUT2D eigenvalue weighted by molar-refractivity contribution is -0.302. The molecule has 1 aliphatic carbocycles. The van der Waals surface area contributed by atoms with E-state index in [0.717, 1.165) is 48.8 Å². The van der Waals surface area contributed by atoms with Gasteiger partial charge in [-0.25, -0.2) is 0 Å². The summed E-state index contributed by atoms with van der Waals surface area (Å²) >= 11 is 0. The van der Waals surface area contributed by atoms with E-state index in [4.69, 9.17) is 4.74 Å². The van der Waals surface area contributed by atoms with Gasteiger partial charge >= 0.3 is 6.18 Å². The van der Waals surface area contributed by atoms with Gasteiger partial charge in [0.05, 0.1) is 0 Å². The van der Waals surface area contributed by atoms with Gasteiger partial charge in [-0.1, -0.05) is 37.0 Å². The smallest absolute Gasteiger partial charge is 0.438 e. The van der Waals surface area contributed by atoms with Crippen molar-refractivity contribution in [2.24, 2.45) is 11.0 Å². The van der Waals surface area contributed by atoms with E-state index < -0.39 is 30.8 Å². The Kier molecular flexibility index (Phi) is 5.94. The molecule has 1 aliphatic heterocycles. The topological polar surface area (TPSA) is 62.1 Å². The van der Waals surface area contributed by atoms with Crippen LogP contribution in [0.1, 0.15) is 55.2 Å². The zero-order valence-electron chi connectivity index (χ0n) is 17.0. The number of carbonyl (C=O) groups excluding carboxylic acids is 1. The maximum absolute atomic E-state index is 13.7. The van der Waals surface area contributed by atoms with Crippen molar-refractivity contribution in [3.63, 3.8) is 0 Å². The van der Waals surface area contributed by atoms with Crippen LogP contribution >= 0.6 is 0 Å². The quantitative estimate of drug-likeness (QED) is 0.797. The van der Waals surface area contributed by atoms with Crippen LogP contribution in [0.4, 0.5) is 13.2 Å². The van der Waals surface area contributed by atoms with Gasteiger partial charge < -0.3 is 9.84 Å². The van der Waals surface area contributed by atoms with Gasteiger partial charge in [0, 0.05) is 12.1 Å². The predicted octanol–water partition coefficient (Wildman–Crippen LogP) is 4.41. The van der Waals surface area contributed by atoms with Gasteiger partial charge in [-0.2, -0.15) is 23.3 Å². The molecule has 1 saturated carbocycles. The van der Waals surface area contributed by atoms with Crippen LogP contribution in [-0.4, -0.2) is 40.2 Å². The lowest BCUT2D eigenvalue weighted by Crippen LogP contribution is -2.57. The van der Waals surface area contributed by atoms with Gasteiger partial charge in [0.15, 0.2) is 6.61 Å². The molecule has 0 radical (unpaired) electrons. The van der Waals surface area contributed by atoms with Gasteiger partial charge in [-0.3, -0.25) is 4.79 Å². The minimum atomic E-state index is -5.02. The highest BCUT2D eigenvalue weighted by Gasteiger charge is 2.63. The number of alkyl halides is 3. The van der Waals surface area contributed by atoms with Crippen molar-refractivity contribution in [2.75, 3.05) is 6.61 Å². The molecule has 1 fully saturated rings. The van der Waals surface area contributed by atoms with Crippen LogP contribution in [0.2, 0.25) is 0 Å². The molecule has 29 heavy (non-hydrogen) atoms. The van der Waals surface area contributed by atoms with E-state index in [-0.39, 0.29) is 16.6 Å². The molecule has 0 bridgehead atoms. The van der Waals surface area contributed by atoms with Crippen LogP contribution in [0, 0.1) is 26.7 Å². The first kappa shape index (κ1) is 21.6. The average Bonchev–Trinajstić information content (AvgIpc) is 3.00. The van der Waals surface area contributed by atoms with Crippen LogP contribution in [0.5, 0.6) is 5.75 Å². The first-order valence-electron chi connectivity index (χ1n) is 9.93. The van der Waals surface area contributed by atoms with E-state index in [0.29, 0.717) is 5.75 Å². The summed E-state index contributed by atoms with van der Waals surface area (Å²) in [4.78, 5) is 12.6. The van der Waals surface area contributed by atoms with Gasteiger partial charge in [0.25, 0.3) is 11.6 Å². The van der Waals surface area contributed by atoms with Crippen molar-refractivity contribution in [2.45, 2.75) is 71.2 Å². The number of hydrogen-bond acceptors (Lipinski definition) is 4. The number of benzene rings is 1. The Bertz CT molecular complexity index is 793. The summed E-state index contributed by atoms with van der Waals surface area (Å²) in [5, 5.41) is 14.6. The maximum atomic E-state index is 13.7. The molecule has 3 rings (SSSR count). The van der Waals surface area contributed by atoms with Crippen molar-refractivity contribution in [3.05, 3.63) is 28.8 Å². The molecule has 0 aromatic heterocycles. The van der Waals surface area contributed by atoms with E-state index in [9.17, 15) is 23.1 Å². The molecular formula is C21H27F3N2O3. The molecule has 8 heteroatoms. The molecular weight excluding hydrogens is 385 g/mol. The number of aliphatic hydroxyl groups is 1. The number of carbonyl (C=O) groups is 1.